The minimum atomic E-state index is -0.461. The summed E-state index contributed by atoms with van der Waals surface area (Å²) in [6.45, 7) is 5.20. The Hall–Kier alpha value is -0.980. The summed E-state index contributed by atoms with van der Waals surface area (Å²) in [6, 6.07) is 5.19. The number of rotatable bonds is 2. The van der Waals surface area contributed by atoms with E-state index < -0.39 is 5.82 Å². The number of nitrogens with one attached hydrogen (secondary N) is 1. The average molecular weight is 356 g/mol. The van der Waals surface area contributed by atoms with E-state index in [4.69, 9.17) is 0 Å². The van der Waals surface area contributed by atoms with Crippen molar-refractivity contribution in [1.29, 1.82) is 0 Å². The monoisotopic (exact) mass is 355 g/mol. The zero-order valence-electron chi connectivity index (χ0n) is 11.8. The molecule has 1 atom stereocenters. The van der Waals surface area contributed by atoms with E-state index in [2.05, 4.69) is 26.1 Å². The van der Waals surface area contributed by atoms with Gasteiger partial charge in [-0.2, -0.15) is 0 Å². The fraction of sp³-hybridized carbons (Fsp3) is 0.533. The highest BCUT2D eigenvalue weighted by atomic mass is 79.9. The van der Waals surface area contributed by atoms with Gasteiger partial charge in [-0.15, -0.1) is 0 Å². The van der Waals surface area contributed by atoms with Gasteiger partial charge in [-0.25, -0.2) is 4.39 Å². The summed E-state index contributed by atoms with van der Waals surface area (Å²) in [4.78, 5) is 16.6. The zero-order valence-corrected chi connectivity index (χ0v) is 13.4. The van der Waals surface area contributed by atoms with Gasteiger partial charge in [-0.3, -0.25) is 9.69 Å². The standard InChI is InChI=1S/C15H19BrFN3O/c16-11-1-2-13(14(17)9-11)15(21)20-7-5-19(6-8-20)12-3-4-18-10-12/h1-2,9,12,18H,3-8,10H2. The maximum absolute atomic E-state index is 13.9. The highest BCUT2D eigenvalue weighted by Gasteiger charge is 2.28. The largest absolute Gasteiger partial charge is 0.336 e. The van der Waals surface area contributed by atoms with Crippen LogP contribution in [0.5, 0.6) is 0 Å². The molecule has 0 spiro atoms. The number of carbonyl (C=O) groups excluding carboxylic acids is 1. The number of carbonyl (C=O) groups is 1. The van der Waals surface area contributed by atoms with Crippen molar-refractivity contribution >= 4 is 21.8 Å². The first-order valence-electron chi connectivity index (χ1n) is 7.34. The quantitative estimate of drug-likeness (QED) is 0.877. The van der Waals surface area contributed by atoms with Gasteiger partial charge in [0.2, 0.25) is 0 Å². The van der Waals surface area contributed by atoms with Crippen molar-refractivity contribution in [1.82, 2.24) is 15.1 Å². The van der Waals surface area contributed by atoms with E-state index in [1.807, 2.05) is 0 Å². The highest BCUT2D eigenvalue weighted by Crippen LogP contribution is 2.18. The van der Waals surface area contributed by atoms with Gasteiger partial charge in [0.1, 0.15) is 5.82 Å². The van der Waals surface area contributed by atoms with Crippen molar-refractivity contribution in [3.63, 3.8) is 0 Å². The maximum atomic E-state index is 13.9. The van der Waals surface area contributed by atoms with Gasteiger partial charge in [0, 0.05) is 43.2 Å². The third-order valence-corrected chi connectivity index (χ3v) is 4.81. The first kappa shape index (κ1) is 14.9. The number of hydrogen-bond acceptors (Lipinski definition) is 3. The van der Waals surface area contributed by atoms with Crippen molar-refractivity contribution in [3.8, 4) is 0 Å². The molecule has 114 valence electrons. The lowest BCUT2D eigenvalue weighted by Crippen LogP contribution is -2.52. The molecule has 2 aliphatic rings. The third kappa shape index (κ3) is 3.27. The van der Waals surface area contributed by atoms with Gasteiger partial charge in [0.25, 0.3) is 5.91 Å². The van der Waals surface area contributed by atoms with Crippen LogP contribution in [0.15, 0.2) is 22.7 Å². The predicted octanol–water partition coefficient (Wildman–Crippen LogP) is 1.71. The van der Waals surface area contributed by atoms with E-state index in [0.29, 0.717) is 23.6 Å². The molecule has 0 saturated carbocycles. The van der Waals surface area contributed by atoms with Crippen LogP contribution in [0.2, 0.25) is 0 Å². The number of piperazine rings is 1. The van der Waals surface area contributed by atoms with Gasteiger partial charge < -0.3 is 10.2 Å². The molecule has 2 fully saturated rings. The lowest BCUT2D eigenvalue weighted by atomic mass is 10.1. The summed E-state index contributed by atoms with van der Waals surface area (Å²) in [6.07, 6.45) is 1.18. The number of nitrogens with zero attached hydrogens (tertiary/aromatic N) is 2. The second-order valence-electron chi connectivity index (χ2n) is 5.60. The molecule has 0 radical (unpaired) electrons. The van der Waals surface area contributed by atoms with E-state index in [1.54, 1.807) is 17.0 Å². The van der Waals surface area contributed by atoms with E-state index in [0.717, 1.165) is 26.2 Å². The van der Waals surface area contributed by atoms with Crippen LogP contribution in [0.25, 0.3) is 0 Å². The lowest BCUT2D eigenvalue weighted by Gasteiger charge is -2.37. The molecule has 0 aromatic heterocycles. The summed E-state index contributed by atoms with van der Waals surface area (Å²) in [5.41, 5.74) is 0.161. The molecule has 1 N–H and O–H groups in total. The third-order valence-electron chi connectivity index (χ3n) is 4.31. The molecule has 1 unspecified atom stereocenters. The number of halogens is 2. The van der Waals surface area contributed by atoms with E-state index in [9.17, 15) is 9.18 Å². The van der Waals surface area contributed by atoms with Gasteiger partial charge in [-0.05, 0) is 31.2 Å². The Morgan fingerprint density at radius 2 is 2.05 bits per heavy atom. The summed E-state index contributed by atoms with van der Waals surface area (Å²) in [5.74, 6) is -0.666. The van der Waals surface area contributed by atoms with Crippen LogP contribution in [-0.4, -0.2) is 61.0 Å². The van der Waals surface area contributed by atoms with Gasteiger partial charge >= 0.3 is 0 Å². The first-order valence-corrected chi connectivity index (χ1v) is 8.13. The summed E-state index contributed by atoms with van der Waals surface area (Å²) in [5, 5.41) is 3.37. The summed E-state index contributed by atoms with van der Waals surface area (Å²) < 4.78 is 14.5. The molecule has 0 bridgehead atoms. The molecule has 1 aromatic carbocycles. The molecule has 1 aromatic rings. The van der Waals surface area contributed by atoms with Gasteiger partial charge in [0.15, 0.2) is 0 Å². The molecule has 2 aliphatic heterocycles. The normalized spacial score (nSPS) is 23.5. The minimum absolute atomic E-state index is 0.161. The molecule has 0 aliphatic carbocycles. The van der Waals surface area contributed by atoms with Crippen molar-refractivity contribution in [2.75, 3.05) is 39.3 Å². The second-order valence-corrected chi connectivity index (χ2v) is 6.51. The van der Waals surface area contributed by atoms with E-state index in [1.165, 1.54) is 12.5 Å². The second kappa shape index (κ2) is 6.42. The van der Waals surface area contributed by atoms with E-state index >= 15 is 0 Å². The average Bonchev–Trinajstić information content (AvgIpc) is 3.01. The van der Waals surface area contributed by atoms with Crippen LogP contribution in [-0.2, 0) is 0 Å². The summed E-state index contributed by atoms with van der Waals surface area (Å²) in [7, 11) is 0. The van der Waals surface area contributed by atoms with Crippen molar-refractivity contribution in [2.24, 2.45) is 0 Å². The van der Waals surface area contributed by atoms with Crippen LogP contribution in [0.1, 0.15) is 16.8 Å². The lowest BCUT2D eigenvalue weighted by molar-refractivity contribution is 0.0579. The Morgan fingerprint density at radius 3 is 2.67 bits per heavy atom. The highest BCUT2D eigenvalue weighted by molar-refractivity contribution is 9.10. The topological polar surface area (TPSA) is 35.6 Å². The van der Waals surface area contributed by atoms with Crippen molar-refractivity contribution < 1.29 is 9.18 Å². The summed E-state index contributed by atoms with van der Waals surface area (Å²) >= 11 is 3.21. The van der Waals surface area contributed by atoms with Crippen LogP contribution in [0, 0.1) is 5.82 Å². The molecule has 2 heterocycles. The Bertz CT molecular complexity index is 526. The molecule has 1 amide bonds. The zero-order chi connectivity index (χ0) is 14.8. The fourth-order valence-electron chi connectivity index (χ4n) is 3.07. The molecule has 3 rings (SSSR count). The molecular formula is C15H19BrFN3O. The van der Waals surface area contributed by atoms with Crippen molar-refractivity contribution in [2.45, 2.75) is 12.5 Å². The van der Waals surface area contributed by atoms with Crippen LogP contribution < -0.4 is 5.32 Å². The number of hydrogen-bond donors (Lipinski definition) is 1. The SMILES string of the molecule is O=C(c1ccc(Br)cc1F)N1CCN(C2CCNC2)CC1. The molecule has 4 nitrogen and oxygen atoms in total. The van der Waals surface area contributed by atoms with Crippen LogP contribution >= 0.6 is 15.9 Å². The number of amides is 1. The Morgan fingerprint density at radius 1 is 1.29 bits per heavy atom. The van der Waals surface area contributed by atoms with Gasteiger partial charge in [-0.1, -0.05) is 15.9 Å². The fourth-order valence-corrected chi connectivity index (χ4v) is 3.41. The Balaban J connectivity index is 1.62. The van der Waals surface area contributed by atoms with E-state index in [-0.39, 0.29) is 11.5 Å². The molecular weight excluding hydrogens is 337 g/mol. The Labute approximate surface area is 132 Å². The molecule has 2 saturated heterocycles. The predicted molar refractivity (Wildman–Crippen MR) is 82.9 cm³/mol. The maximum Gasteiger partial charge on any atom is 0.256 e. The van der Waals surface area contributed by atoms with Crippen LogP contribution in [0.3, 0.4) is 0 Å². The first-order chi connectivity index (χ1) is 10.1. The van der Waals surface area contributed by atoms with Crippen LogP contribution in [0.4, 0.5) is 4.39 Å². The minimum Gasteiger partial charge on any atom is -0.336 e. The van der Waals surface area contributed by atoms with Crippen molar-refractivity contribution in [3.05, 3.63) is 34.1 Å². The molecule has 6 heteroatoms. The van der Waals surface area contributed by atoms with Gasteiger partial charge in [0.05, 0.1) is 5.56 Å². The molecule has 21 heavy (non-hydrogen) atoms. The number of benzene rings is 1. The smallest absolute Gasteiger partial charge is 0.256 e. The Kier molecular flexibility index (Phi) is 4.57.